The highest BCUT2D eigenvalue weighted by molar-refractivity contribution is 5.93. The van der Waals surface area contributed by atoms with E-state index in [0.29, 0.717) is 35.8 Å². The molecule has 0 aliphatic heterocycles. The van der Waals surface area contributed by atoms with Gasteiger partial charge in [-0.3, -0.25) is 9.59 Å². The van der Waals surface area contributed by atoms with Crippen LogP contribution in [0.2, 0.25) is 0 Å². The van der Waals surface area contributed by atoms with Gasteiger partial charge in [0.15, 0.2) is 11.5 Å². The lowest BCUT2D eigenvalue weighted by atomic mass is 9.81. The van der Waals surface area contributed by atoms with Crippen LogP contribution in [0.4, 0.5) is 5.69 Å². The summed E-state index contributed by atoms with van der Waals surface area (Å²) in [5.74, 6) is 1.42. The zero-order chi connectivity index (χ0) is 20.7. The van der Waals surface area contributed by atoms with E-state index in [1.807, 2.05) is 6.92 Å². The van der Waals surface area contributed by atoms with Gasteiger partial charge in [0, 0.05) is 35.7 Å². The minimum absolute atomic E-state index is 0.000718. The van der Waals surface area contributed by atoms with Crippen LogP contribution >= 0.6 is 0 Å². The van der Waals surface area contributed by atoms with Crippen LogP contribution in [0.15, 0.2) is 12.1 Å². The van der Waals surface area contributed by atoms with Gasteiger partial charge in [-0.2, -0.15) is 0 Å². The van der Waals surface area contributed by atoms with Crippen molar-refractivity contribution in [3.63, 3.8) is 0 Å². The lowest BCUT2D eigenvalue weighted by molar-refractivity contribution is -0.129. The van der Waals surface area contributed by atoms with Gasteiger partial charge in [0.1, 0.15) is 0 Å². The SMILES string of the molecule is CCC(C)NC(=O)C1CCC(C(=O)Nc2cc(OC)c(OC)c(OC)c2)CC1. The lowest BCUT2D eigenvalue weighted by Gasteiger charge is -2.28. The maximum Gasteiger partial charge on any atom is 0.227 e. The number of hydrogen-bond acceptors (Lipinski definition) is 5. The summed E-state index contributed by atoms with van der Waals surface area (Å²) in [5.41, 5.74) is 0.594. The third-order valence-electron chi connectivity index (χ3n) is 5.40. The lowest BCUT2D eigenvalue weighted by Crippen LogP contribution is -2.39. The normalized spacial score (nSPS) is 20.0. The van der Waals surface area contributed by atoms with Gasteiger partial charge < -0.3 is 24.8 Å². The van der Waals surface area contributed by atoms with Crippen LogP contribution in [-0.2, 0) is 9.59 Å². The first kappa shape index (κ1) is 21.9. The molecule has 28 heavy (non-hydrogen) atoms. The Hall–Kier alpha value is -2.44. The first-order valence-corrected chi connectivity index (χ1v) is 9.84. The first-order valence-electron chi connectivity index (χ1n) is 9.84. The fraction of sp³-hybridized carbons (Fsp3) is 0.619. The molecule has 1 atom stereocenters. The average Bonchev–Trinajstić information content (AvgIpc) is 2.72. The summed E-state index contributed by atoms with van der Waals surface area (Å²) in [4.78, 5) is 25.0. The second-order valence-electron chi connectivity index (χ2n) is 7.27. The van der Waals surface area contributed by atoms with Crippen LogP contribution in [0.3, 0.4) is 0 Å². The van der Waals surface area contributed by atoms with Crippen LogP contribution in [0.25, 0.3) is 0 Å². The van der Waals surface area contributed by atoms with Gasteiger partial charge >= 0.3 is 0 Å². The van der Waals surface area contributed by atoms with Crippen LogP contribution in [-0.4, -0.2) is 39.2 Å². The molecule has 0 bridgehead atoms. The minimum atomic E-state index is -0.105. The molecule has 156 valence electrons. The van der Waals surface area contributed by atoms with E-state index in [0.717, 1.165) is 19.3 Å². The number of anilines is 1. The minimum Gasteiger partial charge on any atom is -0.493 e. The molecule has 0 aromatic heterocycles. The van der Waals surface area contributed by atoms with Crippen molar-refractivity contribution < 1.29 is 23.8 Å². The summed E-state index contributed by atoms with van der Waals surface area (Å²) in [5, 5.41) is 5.98. The Bertz CT molecular complexity index is 658. The number of amides is 2. The molecule has 7 heteroatoms. The third-order valence-corrected chi connectivity index (χ3v) is 5.40. The van der Waals surface area contributed by atoms with Crippen molar-refractivity contribution in [3.05, 3.63) is 12.1 Å². The molecule has 2 N–H and O–H groups in total. The van der Waals surface area contributed by atoms with E-state index >= 15 is 0 Å². The van der Waals surface area contributed by atoms with Crippen molar-refractivity contribution in [2.45, 2.75) is 52.0 Å². The van der Waals surface area contributed by atoms with E-state index in [2.05, 4.69) is 17.6 Å². The standard InChI is InChI=1S/C21H32N2O5/c1-6-13(2)22-20(24)14-7-9-15(10-8-14)21(25)23-16-11-17(26-3)19(28-5)18(12-16)27-4/h11-15H,6-10H2,1-5H3,(H,22,24)(H,23,25). The van der Waals surface area contributed by atoms with Crippen LogP contribution in [0, 0.1) is 11.8 Å². The van der Waals surface area contributed by atoms with Crippen molar-refractivity contribution in [3.8, 4) is 17.2 Å². The molecule has 1 fully saturated rings. The van der Waals surface area contributed by atoms with Gasteiger partial charge in [0.25, 0.3) is 0 Å². The Labute approximate surface area is 167 Å². The van der Waals surface area contributed by atoms with E-state index in [9.17, 15) is 9.59 Å². The maximum absolute atomic E-state index is 12.7. The molecule has 1 aliphatic rings. The van der Waals surface area contributed by atoms with Crippen molar-refractivity contribution in [1.29, 1.82) is 0 Å². The highest BCUT2D eigenvalue weighted by atomic mass is 16.5. The predicted octanol–water partition coefficient (Wildman–Crippen LogP) is 3.37. The van der Waals surface area contributed by atoms with Gasteiger partial charge in [-0.1, -0.05) is 6.92 Å². The molecule has 2 amide bonds. The van der Waals surface area contributed by atoms with E-state index < -0.39 is 0 Å². The Balaban J connectivity index is 1.97. The summed E-state index contributed by atoms with van der Waals surface area (Å²) in [7, 11) is 4.61. The molecule has 0 spiro atoms. The Morgan fingerprint density at radius 2 is 1.46 bits per heavy atom. The highest BCUT2D eigenvalue weighted by Gasteiger charge is 2.30. The molecule has 1 aliphatic carbocycles. The summed E-state index contributed by atoms with van der Waals surface area (Å²) in [6.45, 7) is 4.06. The Kier molecular flexibility index (Phi) is 7.96. The smallest absolute Gasteiger partial charge is 0.227 e. The Morgan fingerprint density at radius 3 is 1.89 bits per heavy atom. The monoisotopic (exact) mass is 392 g/mol. The largest absolute Gasteiger partial charge is 0.493 e. The van der Waals surface area contributed by atoms with Crippen molar-refractivity contribution >= 4 is 17.5 Å². The fourth-order valence-electron chi connectivity index (χ4n) is 3.48. The maximum atomic E-state index is 12.7. The van der Waals surface area contributed by atoms with Crippen LogP contribution in [0.5, 0.6) is 17.2 Å². The average molecular weight is 392 g/mol. The van der Waals surface area contributed by atoms with Gasteiger partial charge in [-0.25, -0.2) is 0 Å². The molecule has 7 nitrogen and oxygen atoms in total. The number of hydrogen-bond donors (Lipinski definition) is 2. The first-order chi connectivity index (χ1) is 13.4. The molecule has 0 saturated heterocycles. The quantitative estimate of drug-likeness (QED) is 0.708. The zero-order valence-electron chi connectivity index (χ0n) is 17.5. The number of carbonyl (C=O) groups excluding carboxylic acids is 2. The predicted molar refractivity (Wildman–Crippen MR) is 108 cm³/mol. The molecule has 1 unspecified atom stereocenters. The number of methoxy groups -OCH3 is 3. The van der Waals surface area contributed by atoms with Gasteiger partial charge in [-0.05, 0) is 39.0 Å². The molecular weight excluding hydrogens is 360 g/mol. The second-order valence-corrected chi connectivity index (χ2v) is 7.27. The van der Waals surface area contributed by atoms with E-state index in [-0.39, 0.29) is 29.7 Å². The molecule has 1 aromatic carbocycles. The number of rotatable bonds is 8. The zero-order valence-corrected chi connectivity index (χ0v) is 17.5. The summed E-state index contributed by atoms with van der Waals surface area (Å²) in [6.07, 6.45) is 3.78. The second kappa shape index (κ2) is 10.2. The summed E-state index contributed by atoms with van der Waals surface area (Å²) in [6, 6.07) is 3.61. The molecule has 1 aromatic rings. The van der Waals surface area contributed by atoms with Crippen LogP contribution in [0.1, 0.15) is 46.0 Å². The van der Waals surface area contributed by atoms with Crippen molar-refractivity contribution in [1.82, 2.24) is 5.32 Å². The molecule has 2 rings (SSSR count). The van der Waals surface area contributed by atoms with Gasteiger partial charge in [0.2, 0.25) is 17.6 Å². The fourth-order valence-corrected chi connectivity index (χ4v) is 3.48. The molecule has 0 heterocycles. The van der Waals surface area contributed by atoms with E-state index in [1.54, 1.807) is 12.1 Å². The van der Waals surface area contributed by atoms with Crippen molar-refractivity contribution in [2.24, 2.45) is 11.8 Å². The topological polar surface area (TPSA) is 85.9 Å². The number of carbonyl (C=O) groups is 2. The molecular formula is C21H32N2O5. The highest BCUT2D eigenvalue weighted by Crippen LogP contribution is 2.40. The summed E-state index contributed by atoms with van der Waals surface area (Å²) < 4.78 is 16.0. The summed E-state index contributed by atoms with van der Waals surface area (Å²) >= 11 is 0. The molecule has 0 radical (unpaired) electrons. The Morgan fingerprint density at radius 1 is 0.964 bits per heavy atom. The van der Waals surface area contributed by atoms with E-state index in [1.165, 1.54) is 21.3 Å². The van der Waals surface area contributed by atoms with Gasteiger partial charge in [0.05, 0.1) is 21.3 Å². The molecule has 1 saturated carbocycles. The number of benzene rings is 1. The number of nitrogens with one attached hydrogen (secondary N) is 2. The van der Waals surface area contributed by atoms with Crippen molar-refractivity contribution in [2.75, 3.05) is 26.6 Å². The number of ether oxygens (including phenoxy) is 3. The van der Waals surface area contributed by atoms with E-state index in [4.69, 9.17) is 14.2 Å². The third kappa shape index (κ3) is 5.30. The van der Waals surface area contributed by atoms with Crippen LogP contribution < -0.4 is 24.8 Å². The van der Waals surface area contributed by atoms with Gasteiger partial charge in [-0.15, -0.1) is 0 Å².